The van der Waals surface area contributed by atoms with Gasteiger partial charge in [0.1, 0.15) is 17.1 Å². The first kappa shape index (κ1) is 20.4. The number of hydrogen-bond donors (Lipinski definition) is 1. The fraction of sp³-hybridized carbons (Fsp3) is 0.480. The van der Waals surface area contributed by atoms with Crippen molar-refractivity contribution in [2.24, 2.45) is 17.8 Å². The zero-order chi connectivity index (χ0) is 22.0. The molecular formula is C25H27FN2O3S. The van der Waals surface area contributed by atoms with Crippen LogP contribution in [0, 0.1) is 23.6 Å². The Morgan fingerprint density at radius 3 is 2.81 bits per heavy atom. The van der Waals surface area contributed by atoms with Gasteiger partial charge in [-0.1, -0.05) is 13.0 Å². The summed E-state index contributed by atoms with van der Waals surface area (Å²) in [6.07, 6.45) is 1.12. The quantitative estimate of drug-likeness (QED) is 0.495. The Morgan fingerprint density at radius 1 is 1.25 bits per heavy atom. The van der Waals surface area contributed by atoms with Gasteiger partial charge in [-0.05, 0) is 84.0 Å². The van der Waals surface area contributed by atoms with E-state index in [1.54, 1.807) is 6.07 Å². The van der Waals surface area contributed by atoms with Gasteiger partial charge in [-0.15, -0.1) is 0 Å². The van der Waals surface area contributed by atoms with E-state index in [2.05, 4.69) is 22.6 Å². The molecule has 4 atom stereocenters. The summed E-state index contributed by atoms with van der Waals surface area (Å²) in [5.74, 6) is 2.76. The third kappa shape index (κ3) is 3.28. The van der Waals surface area contributed by atoms with Crippen molar-refractivity contribution in [2.75, 3.05) is 38.1 Å². The van der Waals surface area contributed by atoms with Gasteiger partial charge in [0.2, 0.25) is 0 Å². The molecule has 2 heterocycles. The average Bonchev–Trinajstić information content (AvgIpc) is 3.70. The fourth-order valence-electron chi connectivity index (χ4n) is 5.76. The van der Waals surface area contributed by atoms with Crippen molar-refractivity contribution >= 4 is 23.6 Å². The number of ether oxygens (including phenoxy) is 2. The Labute approximate surface area is 191 Å². The second-order valence-electron chi connectivity index (χ2n) is 9.40. The fourth-order valence-corrected chi connectivity index (χ4v) is 6.59. The molecule has 6 rings (SSSR count). The number of halogens is 1. The Balaban J connectivity index is 1.27. The molecule has 32 heavy (non-hydrogen) atoms. The van der Waals surface area contributed by atoms with Gasteiger partial charge in [-0.3, -0.25) is 0 Å². The summed E-state index contributed by atoms with van der Waals surface area (Å²) in [6.45, 7) is 6.11. The number of benzene rings is 2. The lowest BCUT2D eigenvalue weighted by molar-refractivity contribution is 0.0596. The van der Waals surface area contributed by atoms with Crippen LogP contribution in [0.5, 0.6) is 5.75 Å². The van der Waals surface area contributed by atoms with Crippen molar-refractivity contribution in [3.8, 4) is 5.75 Å². The molecule has 0 spiro atoms. The zero-order valence-corrected chi connectivity index (χ0v) is 19.1. The predicted octanol–water partition coefficient (Wildman–Crippen LogP) is 4.89. The van der Waals surface area contributed by atoms with Crippen LogP contribution in [0.15, 0.2) is 35.2 Å². The molecule has 1 saturated heterocycles. The van der Waals surface area contributed by atoms with E-state index < -0.39 is 5.97 Å². The third-order valence-corrected chi connectivity index (χ3v) is 8.57. The monoisotopic (exact) mass is 454 g/mol. The Morgan fingerprint density at radius 2 is 2.06 bits per heavy atom. The summed E-state index contributed by atoms with van der Waals surface area (Å²) in [4.78, 5) is 16.1. The topological polar surface area (TPSA) is 50.8 Å². The molecule has 5 nitrogen and oxygen atoms in total. The van der Waals surface area contributed by atoms with Crippen LogP contribution in [0.1, 0.15) is 46.7 Å². The van der Waals surface area contributed by atoms with Gasteiger partial charge in [0.15, 0.2) is 0 Å². The number of anilines is 1. The summed E-state index contributed by atoms with van der Waals surface area (Å²) in [6, 6.07) is 9.04. The summed E-state index contributed by atoms with van der Waals surface area (Å²) in [7, 11) is 1.39. The first-order valence-electron chi connectivity index (χ1n) is 11.4. The molecule has 1 N–H and O–H groups in total. The summed E-state index contributed by atoms with van der Waals surface area (Å²) in [5, 5.41) is 0. The lowest BCUT2D eigenvalue weighted by atomic mass is 10.0. The maximum absolute atomic E-state index is 14.1. The molecule has 0 amide bonds. The molecule has 3 fully saturated rings. The Bertz CT molecular complexity index is 1080. The maximum Gasteiger partial charge on any atom is 0.343 e. The van der Waals surface area contributed by atoms with E-state index >= 15 is 0 Å². The van der Waals surface area contributed by atoms with Crippen molar-refractivity contribution < 1.29 is 18.7 Å². The molecule has 2 aliphatic heterocycles. The highest BCUT2D eigenvalue weighted by Crippen LogP contribution is 2.60. The van der Waals surface area contributed by atoms with Gasteiger partial charge in [-0.2, -0.15) is 0 Å². The van der Waals surface area contributed by atoms with E-state index in [4.69, 9.17) is 9.47 Å². The van der Waals surface area contributed by atoms with Crippen LogP contribution in [0.4, 0.5) is 10.1 Å². The minimum Gasteiger partial charge on any atom is -0.492 e. The van der Waals surface area contributed by atoms with E-state index in [1.165, 1.54) is 25.1 Å². The van der Waals surface area contributed by atoms with Crippen LogP contribution < -0.4 is 9.46 Å². The Kier molecular flexibility index (Phi) is 4.88. The van der Waals surface area contributed by atoms with Gasteiger partial charge < -0.3 is 19.1 Å². The smallest absolute Gasteiger partial charge is 0.343 e. The molecule has 0 radical (unpaired) electrons. The first-order chi connectivity index (χ1) is 15.6. The highest BCUT2D eigenvalue weighted by Gasteiger charge is 2.56. The molecule has 0 bridgehead atoms. The van der Waals surface area contributed by atoms with E-state index in [-0.39, 0.29) is 5.82 Å². The number of fused-ring (bicyclic) bond motifs is 4. The molecule has 2 saturated carbocycles. The van der Waals surface area contributed by atoms with Crippen molar-refractivity contribution in [3.05, 3.63) is 52.8 Å². The molecule has 7 heteroatoms. The van der Waals surface area contributed by atoms with Crippen LogP contribution >= 0.6 is 11.9 Å². The summed E-state index contributed by atoms with van der Waals surface area (Å²) < 4.78 is 28.6. The third-order valence-electron chi connectivity index (χ3n) is 7.66. The summed E-state index contributed by atoms with van der Waals surface area (Å²) >= 11 is 1.43. The summed E-state index contributed by atoms with van der Waals surface area (Å²) in [5.41, 5.74) is 3.30. The SMILES string of the molecule is CCN1CC2C(C1)C2c1cc(F)ccc1SNc1ccc2c(c1C(=O)OC)OC[C@@H]1C[C@H]21. The molecule has 168 valence electrons. The van der Waals surface area contributed by atoms with Gasteiger partial charge in [0.05, 0.1) is 19.4 Å². The van der Waals surface area contributed by atoms with E-state index in [0.29, 0.717) is 53.2 Å². The Hall–Kier alpha value is -2.25. The van der Waals surface area contributed by atoms with Gasteiger partial charge in [0, 0.05) is 23.9 Å². The van der Waals surface area contributed by atoms with Crippen molar-refractivity contribution in [3.63, 3.8) is 0 Å². The number of hydrogen-bond acceptors (Lipinski definition) is 6. The number of rotatable bonds is 6. The highest BCUT2D eigenvalue weighted by molar-refractivity contribution is 8.00. The number of esters is 1. The standard InChI is InChI=1S/C25H27FN2O3S/c1-3-28-10-18-19(11-28)22(18)17-9-14(26)4-7-21(17)32-27-20-6-5-15-16-8-13(16)12-31-24(15)23(20)25(29)30-2/h4-7,9,13,16,18-19,22,27H,3,8,10-12H2,1-2H3/t13-,16-,18?,19?,22?/m0/s1. The molecule has 2 aromatic carbocycles. The largest absolute Gasteiger partial charge is 0.492 e. The van der Waals surface area contributed by atoms with Crippen molar-refractivity contribution in [1.82, 2.24) is 4.90 Å². The van der Waals surface area contributed by atoms with Crippen LogP contribution in [0.3, 0.4) is 0 Å². The van der Waals surface area contributed by atoms with Crippen LogP contribution in [0.2, 0.25) is 0 Å². The first-order valence-corrected chi connectivity index (χ1v) is 12.2. The number of likely N-dealkylation sites (tertiary alicyclic amines) is 1. The molecule has 2 aliphatic carbocycles. The second kappa shape index (κ2) is 7.66. The number of methoxy groups -OCH3 is 1. The number of carbonyl (C=O) groups is 1. The number of nitrogens with one attached hydrogen (secondary N) is 1. The molecular weight excluding hydrogens is 427 g/mol. The second-order valence-corrected chi connectivity index (χ2v) is 10.3. The average molecular weight is 455 g/mol. The zero-order valence-electron chi connectivity index (χ0n) is 18.3. The predicted molar refractivity (Wildman–Crippen MR) is 122 cm³/mol. The number of nitrogens with zero attached hydrogens (tertiary/aromatic N) is 1. The highest BCUT2D eigenvalue weighted by atomic mass is 32.2. The lowest BCUT2D eigenvalue weighted by Gasteiger charge is -2.22. The minimum absolute atomic E-state index is 0.196. The van der Waals surface area contributed by atoms with Gasteiger partial charge in [0.25, 0.3) is 0 Å². The van der Waals surface area contributed by atoms with Crippen LogP contribution in [-0.4, -0.2) is 44.2 Å². The van der Waals surface area contributed by atoms with Gasteiger partial charge >= 0.3 is 5.97 Å². The van der Waals surface area contributed by atoms with E-state index in [9.17, 15) is 9.18 Å². The molecule has 0 aromatic heterocycles. The minimum atomic E-state index is -0.403. The molecule has 4 aliphatic rings. The normalized spacial score (nSPS) is 29.4. The van der Waals surface area contributed by atoms with Crippen molar-refractivity contribution in [1.29, 1.82) is 0 Å². The number of piperidine rings is 1. The van der Waals surface area contributed by atoms with E-state index in [0.717, 1.165) is 42.1 Å². The van der Waals surface area contributed by atoms with Crippen LogP contribution in [-0.2, 0) is 4.74 Å². The number of carbonyl (C=O) groups excluding carboxylic acids is 1. The molecule has 2 unspecified atom stereocenters. The van der Waals surface area contributed by atoms with Crippen LogP contribution in [0.25, 0.3) is 0 Å². The van der Waals surface area contributed by atoms with Gasteiger partial charge in [-0.25, -0.2) is 9.18 Å². The van der Waals surface area contributed by atoms with E-state index in [1.807, 2.05) is 12.1 Å². The lowest BCUT2D eigenvalue weighted by Crippen LogP contribution is -2.23. The maximum atomic E-state index is 14.1. The molecule has 2 aromatic rings. The van der Waals surface area contributed by atoms with Crippen molar-refractivity contribution in [2.45, 2.75) is 30.1 Å².